The van der Waals surface area contributed by atoms with Crippen LogP contribution in [0.4, 0.5) is 5.69 Å². The SMILES string of the molecule is CCc1c2c(n(Cc3ccc(N)cc3)c1C(=O)ON(C)C)CCCC2=O. The number of hydrogen-bond donors (Lipinski definition) is 1. The molecule has 0 atom stereocenters. The number of nitrogens with zero attached hydrogens (tertiary/aromatic N) is 2. The molecule has 0 saturated carbocycles. The van der Waals surface area contributed by atoms with Gasteiger partial charge in [-0.25, -0.2) is 4.79 Å². The van der Waals surface area contributed by atoms with Crippen molar-refractivity contribution in [1.29, 1.82) is 0 Å². The predicted molar refractivity (Wildman–Crippen MR) is 100 cm³/mol. The molecular formula is C20H25N3O3. The summed E-state index contributed by atoms with van der Waals surface area (Å²) in [5, 5.41) is 1.38. The molecule has 0 spiro atoms. The minimum absolute atomic E-state index is 0.123. The van der Waals surface area contributed by atoms with E-state index >= 15 is 0 Å². The van der Waals surface area contributed by atoms with Crippen molar-refractivity contribution in [2.75, 3.05) is 19.8 Å². The third kappa shape index (κ3) is 3.37. The maximum atomic E-state index is 12.8. The third-order valence-corrected chi connectivity index (χ3v) is 4.70. The molecule has 2 N–H and O–H groups in total. The summed E-state index contributed by atoms with van der Waals surface area (Å²) < 4.78 is 1.96. The van der Waals surface area contributed by atoms with Crippen LogP contribution in [0.1, 0.15) is 57.4 Å². The van der Waals surface area contributed by atoms with Crippen LogP contribution in [-0.2, 0) is 24.2 Å². The number of anilines is 1. The Kier molecular flexibility index (Phi) is 5.13. The summed E-state index contributed by atoms with van der Waals surface area (Å²) in [7, 11) is 3.34. The molecule has 1 aliphatic carbocycles. The van der Waals surface area contributed by atoms with Gasteiger partial charge in [0.15, 0.2) is 5.78 Å². The summed E-state index contributed by atoms with van der Waals surface area (Å²) in [5.74, 6) is -0.303. The minimum Gasteiger partial charge on any atom is -0.399 e. The Balaban J connectivity index is 2.14. The zero-order valence-electron chi connectivity index (χ0n) is 15.5. The quantitative estimate of drug-likeness (QED) is 0.659. The number of carbonyl (C=O) groups excluding carboxylic acids is 2. The number of fused-ring (bicyclic) bond motifs is 1. The van der Waals surface area contributed by atoms with Gasteiger partial charge in [-0.3, -0.25) is 4.79 Å². The second kappa shape index (κ2) is 7.33. The summed E-state index contributed by atoms with van der Waals surface area (Å²) in [5.41, 5.74) is 10.4. The number of hydroxylamine groups is 2. The predicted octanol–water partition coefficient (Wildman–Crippen LogP) is 2.83. The number of ketones is 1. The first kappa shape index (κ1) is 18.2. The number of carbonyl (C=O) groups is 2. The van der Waals surface area contributed by atoms with E-state index in [1.54, 1.807) is 14.1 Å². The van der Waals surface area contributed by atoms with E-state index in [0.29, 0.717) is 30.8 Å². The fourth-order valence-corrected chi connectivity index (χ4v) is 3.62. The van der Waals surface area contributed by atoms with Crippen LogP contribution in [0.3, 0.4) is 0 Å². The average Bonchev–Trinajstić information content (AvgIpc) is 2.91. The molecule has 26 heavy (non-hydrogen) atoms. The van der Waals surface area contributed by atoms with Crippen molar-refractivity contribution in [2.24, 2.45) is 0 Å². The Morgan fingerprint density at radius 2 is 1.92 bits per heavy atom. The van der Waals surface area contributed by atoms with Gasteiger partial charge in [0.05, 0.1) is 0 Å². The summed E-state index contributed by atoms with van der Waals surface area (Å²) in [4.78, 5) is 30.7. The Bertz CT molecular complexity index is 835. The zero-order chi connectivity index (χ0) is 18.8. The maximum absolute atomic E-state index is 12.8. The smallest absolute Gasteiger partial charge is 0.374 e. The van der Waals surface area contributed by atoms with Gasteiger partial charge >= 0.3 is 5.97 Å². The Morgan fingerprint density at radius 1 is 1.23 bits per heavy atom. The van der Waals surface area contributed by atoms with Crippen LogP contribution in [-0.4, -0.2) is 35.5 Å². The summed E-state index contributed by atoms with van der Waals surface area (Å²) >= 11 is 0. The van der Waals surface area contributed by atoms with E-state index in [1.807, 2.05) is 35.8 Å². The van der Waals surface area contributed by atoms with Crippen LogP contribution in [0, 0.1) is 0 Å². The molecule has 138 valence electrons. The number of aromatic nitrogens is 1. The Labute approximate surface area is 153 Å². The van der Waals surface area contributed by atoms with Crippen LogP contribution >= 0.6 is 0 Å². The molecule has 1 aromatic heterocycles. The number of Topliss-reactive ketones (excluding diaryl/α,β-unsaturated/α-hetero) is 1. The zero-order valence-corrected chi connectivity index (χ0v) is 15.5. The van der Waals surface area contributed by atoms with Gasteiger partial charge in [0, 0.05) is 44.0 Å². The second-order valence-electron chi connectivity index (χ2n) is 6.80. The fraction of sp³-hybridized carbons (Fsp3) is 0.400. The number of benzene rings is 1. The molecule has 6 heteroatoms. The van der Waals surface area contributed by atoms with Gasteiger partial charge in [-0.05, 0) is 42.5 Å². The van der Waals surface area contributed by atoms with E-state index in [2.05, 4.69) is 0 Å². The van der Waals surface area contributed by atoms with Gasteiger partial charge in [0.1, 0.15) is 5.69 Å². The lowest BCUT2D eigenvalue weighted by atomic mass is 9.92. The minimum atomic E-state index is -0.426. The van der Waals surface area contributed by atoms with Crippen molar-refractivity contribution in [3.8, 4) is 0 Å². The molecule has 6 nitrogen and oxygen atoms in total. The van der Waals surface area contributed by atoms with E-state index in [-0.39, 0.29) is 5.78 Å². The number of hydrogen-bond acceptors (Lipinski definition) is 5. The lowest BCUT2D eigenvalue weighted by Crippen LogP contribution is -2.23. The standard InChI is InChI=1S/C20H25N3O3/c1-4-15-18-16(6-5-7-17(18)24)23(19(15)20(25)26-22(2)3)12-13-8-10-14(21)11-9-13/h8-11H,4-7,12,21H2,1-3H3. The number of rotatable bonds is 5. The van der Waals surface area contributed by atoms with Crippen LogP contribution in [0.5, 0.6) is 0 Å². The Hall–Kier alpha value is -2.60. The molecule has 3 rings (SSSR count). The van der Waals surface area contributed by atoms with E-state index in [9.17, 15) is 9.59 Å². The molecule has 2 aromatic rings. The van der Waals surface area contributed by atoms with Crippen molar-refractivity contribution in [3.05, 3.63) is 52.3 Å². The highest BCUT2D eigenvalue weighted by molar-refractivity contribution is 6.03. The fourth-order valence-electron chi connectivity index (χ4n) is 3.62. The lowest BCUT2D eigenvalue weighted by Gasteiger charge is -2.17. The largest absolute Gasteiger partial charge is 0.399 e. The third-order valence-electron chi connectivity index (χ3n) is 4.70. The summed E-state index contributed by atoms with van der Waals surface area (Å²) in [6.45, 7) is 2.48. The average molecular weight is 355 g/mol. The normalized spacial score (nSPS) is 13.8. The highest BCUT2D eigenvalue weighted by Crippen LogP contribution is 2.32. The first-order chi connectivity index (χ1) is 12.4. The number of nitrogen functional groups attached to an aromatic ring is 1. The molecule has 0 aliphatic heterocycles. The number of nitrogens with two attached hydrogens (primary N) is 1. The molecule has 0 unspecified atom stereocenters. The summed E-state index contributed by atoms with van der Waals surface area (Å²) in [6, 6.07) is 7.57. The van der Waals surface area contributed by atoms with Crippen molar-refractivity contribution in [2.45, 2.75) is 39.2 Å². The van der Waals surface area contributed by atoms with Gasteiger partial charge in [-0.15, -0.1) is 5.06 Å². The van der Waals surface area contributed by atoms with Crippen molar-refractivity contribution in [3.63, 3.8) is 0 Å². The molecule has 1 aromatic carbocycles. The van der Waals surface area contributed by atoms with Gasteiger partial charge in [0.25, 0.3) is 0 Å². The van der Waals surface area contributed by atoms with Crippen LogP contribution in [0.2, 0.25) is 0 Å². The van der Waals surface area contributed by atoms with E-state index in [4.69, 9.17) is 10.6 Å². The highest BCUT2D eigenvalue weighted by atomic mass is 16.7. The van der Waals surface area contributed by atoms with Crippen LogP contribution < -0.4 is 5.73 Å². The molecule has 1 heterocycles. The maximum Gasteiger partial charge on any atom is 0.374 e. The van der Waals surface area contributed by atoms with E-state index < -0.39 is 5.97 Å². The van der Waals surface area contributed by atoms with Crippen LogP contribution in [0.25, 0.3) is 0 Å². The highest BCUT2D eigenvalue weighted by Gasteiger charge is 2.32. The van der Waals surface area contributed by atoms with Gasteiger partial charge < -0.3 is 15.1 Å². The van der Waals surface area contributed by atoms with Gasteiger partial charge in [0.2, 0.25) is 0 Å². The molecule has 0 saturated heterocycles. The van der Waals surface area contributed by atoms with E-state index in [0.717, 1.165) is 35.2 Å². The van der Waals surface area contributed by atoms with Crippen LogP contribution in [0.15, 0.2) is 24.3 Å². The van der Waals surface area contributed by atoms with Gasteiger partial charge in [-0.1, -0.05) is 19.1 Å². The molecule has 1 aliphatic rings. The van der Waals surface area contributed by atoms with E-state index in [1.165, 1.54) is 5.06 Å². The molecule has 0 amide bonds. The molecular weight excluding hydrogens is 330 g/mol. The topological polar surface area (TPSA) is 77.6 Å². The van der Waals surface area contributed by atoms with Crippen molar-refractivity contribution >= 4 is 17.4 Å². The molecule has 0 fully saturated rings. The first-order valence-corrected chi connectivity index (χ1v) is 8.93. The molecule has 0 bridgehead atoms. The first-order valence-electron chi connectivity index (χ1n) is 8.93. The Morgan fingerprint density at radius 3 is 2.54 bits per heavy atom. The summed E-state index contributed by atoms with van der Waals surface area (Å²) in [6.07, 6.45) is 2.75. The monoisotopic (exact) mass is 355 g/mol. The van der Waals surface area contributed by atoms with Crippen molar-refractivity contribution < 1.29 is 14.4 Å². The lowest BCUT2D eigenvalue weighted by molar-refractivity contribution is -0.0722. The van der Waals surface area contributed by atoms with Crippen molar-refractivity contribution in [1.82, 2.24) is 9.63 Å². The van der Waals surface area contributed by atoms with Gasteiger partial charge in [-0.2, -0.15) is 0 Å². The second-order valence-corrected chi connectivity index (χ2v) is 6.80. The molecule has 0 radical (unpaired) electrons.